The van der Waals surface area contributed by atoms with Gasteiger partial charge >= 0.3 is 0 Å². The Balaban J connectivity index is 2.37. The van der Waals surface area contributed by atoms with E-state index in [4.69, 9.17) is 10.5 Å². The van der Waals surface area contributed by atoms with Crippen molar-refractivity contribution in [2.75, 3.05) is 20.7 Å². The summed E-state index contributed by atoms with van der Waals surface area (Å²) in [5, 5.41) is 0. The zero-order valence-electron chi connectivity index (χ0n) is 12.0. The first-order valence-corrected chi connectivity index (χ1v) is 6.60. The van der Waals surface area contributed by atoms with Gasteiger partial charge in [0, 0.05) is 12.6 Å². The molecule has 0 radical (unpaired) electrons. The zero-order chi connectivity index (χ0) is 13.5. The molecular weight excluding hydrogens is 224 g/mol. The van der Waals surface area contributed by atoms with E-state index in [0.29, 0.717) is 12.0 Å². The quantitative estimate of drug-likeness (QED) is 0.808. The van der Waals surface area contributed by atoms with Crippen LogP contribution in [0.5, 0.6) is 5.75 Å². The fourth-order valence-corrected chi connectivity index (χ4v) is 1.82. The summed E-state index contributed by atoms with van der Waals surface area (Å²) >= 11 is 0. The molecule has 1 rings (SSSR count). The van der Waals surface area contributed by atoms with Crippen molar-refractivity contribution in [3.05, 3.63) is 29.8 Å². The third-order valence-corrected chi connectivity index (χ3v) is 3.31. The van der Waals surface area contributed by atoms with Crippen molar-refractivity contribution < 1.29 is 4.74 Å². The first-order chi connectivity index (χ1) is 8.52. The standard InChI is InChI=1S/C15H26N2O/c1-12(2)15(16)9-10-17(3)11-13-5-7-14(18-4)8-6-13/h5-8,12,15H,9-11,16H2,1-4H3. The van der Waals surface area contributed by atoms with Crippen LogP contribution in [-0.4, -0.2) is 31.6 Å². The van der Waals surface area contributed by atoms with Crippen LogP contribution < -0.4 is 10.5 Å². The molecule has 1 unspecified atom stereocenters. The molecule has 0 saturated carbocycles. The predicted octanol–water partition coefficient (Wildman–Crippen LogP) is 2.50. The molecule has 0 heterocycles. The average molecular weight is 250 g/mol. The second-order valence-electron chi connectivity index (χ2n) is 5.28. The molecule has 0 bridgehead atoms. The van der Waals surface area contributed by atoms with Gasteiger partial charge in [0.05, 0.1) is 7.11 Å². The van der Waals surface area contributed by atoms with Gasteiger partial charge in [-0.3, -0.25) is 0 Å². The van der Waals surface area contributed by atoms with Crippen molar-refractivity contribution in [1.29, 1.82) is 0 Å². The van der Waals surface area contributed by atoms with Crippen molar-refractivity contribution in [3.8, 4) is 5.75 Å². The largest absolute Gasteiger partial charge is 0.497 e. The van der Waals surface area contributed by atoms with Gasteiger partial charge in [-0.15, -0.1) is 0 Å². The maximum atomic E-state index is 6.05. The molecular formula is C15H26N2O. The van der Waals surface area contributed by atoms with Crippen molar-refractivity contribution >= 4 is 0 Å². The van der Waals surface area contributed by atoms with Crippen LogP contribution in [0.25, 0.3) is 0 Å². The van der Waals surface area contributed by atoms with Crippen molar-refractivity contribution in [2.45, 2.75) is 32.9 Å². The summed E-state index contributed by atoms with van der Waals surface area (Å²) in [5.74, 6) is 1.46. The summed E-state index contributed by atoms with van der Waals surface area (Å²) in [6.45, 7) is 6.34. The highest BCUT2D eigenvalue weighted by molar-refractivity contribution is 5.26. The lowest BCUT2D eigenvalue weighted by Crippen LogP contribution is -2.31. The third-order valence-electron chi connectivity index (χ3n) is 3.31. The molecule has 0 spiro atoms. The molecule has 0 aliphatic rings. The Hall–Kier alpha value is -1.06. The molecule has 1 atom stereocenters. The number of hydrogen-bond acceptors (Lipinski definition) is 3. The van der Waals surface area contributed by atoms with Gasteiger partial charge in [0.25, 0.3) is 0 Å². The van der Waals surface area contributed by atoms with E-state index < -0.39 is 0 Å². The molecule has 0 saturated heterocycles. The van der Waals surface area contributed by atoms with Crippen LogP contribution in [0.2, 0.25) is 0 Å². The molecule has 1 aromatic carbocycles. The van der Waals surface area contributed by atoms with Gasteiger partial charge in [0.2, 0.25) is 0 Å². The molecule has 18 heavy (non-hydrogen) atoms. The summed E-state index contributed by atoms with van der Waals surface area (Å²) in [4.78, 5) is 2.31. The van der Waals surface area contributed by atoms with E-state index in [1.165, 1.54) is 5.56 Å². The Bertz CT molecular complexity index is 335. The lowest BCUT2D eigenvalue weighted by molar-refractivity contribution is 0.296. The molecule has 3 nitrogen and oxygen atoms in total. The zero-order valence-corrected chi connectivity index (χ0v) is 12.0. The normalized spacial score (nSPS) is 13.1. The third kappa shape index (κ3) is 5.07. The molecule has 0 aliphatic heterocycles. The predicted molar refractivity (Wildman–Crippen MR) is 76.8 cm³/mol. The van der Waals surface area contributed by atoms with Crippen LogP contribution in [0, 0.1) is 5.92 Å². The van der Waals surface area contributed by atoms with Crippen molar-refractivity contribution in [2.24, 2.45) is 11.7 Å². The molecule has 0 aromatic heterocycles. The Morgan fingerprint density at radius 3 is 2.33 bits per heavy atom. The first kappa shape index (κ1) is 15.0. The molecule has 0 fully saturated rings. The van der Waals surface area contributed by atoms with E-state index in [9.17, 15) is 0 Å². The van der Waals surface area contributed by atoms with Gasteiger partial charge in [0.15, 0.2) is 0 Å². The number of rotatable bonds is 7. The monoisotopic (exact) mass is 250 g/mol. The summed E-state index contributed by atoms with van der Waals surface area (Å²) in [7, 11) is 3.83. The summed E-state index contributed by atoms with van der Waals surface area (Å²) in [6.07, 6.45) is 1.05. The molecule has 2 N–H and O–H groups in total. The molecule has 102 valence electrons. The highest BCUT2D eigenvalue weighted by Crippen LogP contribution is 2.13. The second kappa shape index (κ2) is 7.39. The Kier molecular flexibility index (Phi) is 6.16. The Labute approximate surface area is 111 Å². The van der Waals surface area contributed by atoms with E-state index in [1.807, 2.05) is 12.1 Å². The number of nitrogens with two attached hydrogens (primary N) is 1. The smallest absolute Gasteiger partial charge is 0.118 e. The number of nitrogens with zero attached hydrogens (tertiary/aromatic N) is 1. The Morgan fingerprint density at radius 1 is 1.22 bits per heavy atom. The lowest BCUT2D eigenvalue weighted by Gasteiger charge is -2.21. The minimum Gasteiger partial charge on any atom is -0.497 e. The molecule has 0 aliphatic carbocycles. The van der Waals surface area contributed by atoms with Crippen molar-refractivity contribution in [1.82, 2.24) is 4.90 Å². The summed E-state index contributed by atoms with van der Waals surface area (Å²) < 4.78 is 5.15. The fourth-order valence-electron chi connectivity index (χ4n) is 1.82. The number of hydrogen-bond donors (Lipinski definition) is 1. The van der Waals surface area contributed by atoms with E-state index in [2.05, 4.69) is 37.9 Å². The molecule has 0 amide bonds. The van der Waals surface area contributed by atoms with Crippen LogP contribution >= 0.6 is 0 Å². The van der Waals surface area contributed by atoms with Gasteiger partial charge in [0.1, 0.15) is 5.75 Å². The van der Waals surface area contributed by atoms with Gasteiger partial charge in [-0.25, -0.2) is 0 Å². The summed E-state index contributed by atoms with van der Waals surface area (Å²) in [6, 6.07) is 8.52. The van der Waals surface area contributed by atoms with E-state index in [0.717, 1.165) is 25.3 Å². The number of benzene rings is 1. The molecule has 3 heteroatoms. The minimum atomic E-state index is 0.295. The topological polar surface area (TPSA) is 38.5 Å². The van der Waals surface area contributed by atoms with E-state index in [1.54, 1.807) is 7.11 Å². The maximum Gasteiger partial charge on any atom is 0.118 e. The number of methoxy groups -OCH3 is 1. The first-order valence-electron chi connectivity index (χ1n) is 6.60. The Morgan fingerprint density at radius 2 is 1.83 bits per heavy atom. The average Bonchev–Trinajstić information content (AvgIpc) is 2.36. The summed E-state index contributed by atoms with van der Waals surface area (Å²) in [5.41, 5.74) is 7.36. The maximum absolute atomic E-state index is 6.05. The lowest BCUT2D eigenvalue weighted by atomic mass is 10.0. The van der Waals surface area contributed by atoms with E-state index >= 15 is 0 Å². The van der Waals surface area contributed by atoms with Crippen LogP contribution in [0.4, 0.5) is 0 Å². The number of ether oxygens (including phenoxy) is 1. The van der Waals surface area contributed by atoms with Gasteiger partial charge in [-0.1, -0.05) is 26.0 Å². The van der Waals surface area contributed by atoms with Crippen LogP contribution in [-0.2, 0) is 6.54 Å². The second-order valence-corrected chi connectivity index (χ2v) is 5.28. The van der Waals surface area contributed by atoms with Gasteiger partial charge in [-0.2, -0.15) is 0 Å². The SMILES string of the molecule is COc1ccc(CN(C)CCC(N)C(C)C)cc1. The highest BCUT2D eigenvalue weighted by atomic mass is 16.5. The minimum absolute atomic E-state index is 0.295. The van der Waals surface area contributed by atoms with Crippen LogP contribution in [0.1, 0.15) is 25.8 Å². The van der Waals surface area contributed by atoms with Gasteiger partial charge < -0.3 is 15.4 Å². The van der Waals surface area contributed by atoms with Crippen LogP contribution in [0.15, 0.2) is 24.3 Å². The highest BCUT2D eigenvalue weighted by Gasteiger charge is 2.09. The van der Waals surface area contributed by atoms with Crippen molar-refractivity contribution in [3.63, 3.8) is 0 Å². The molecule has 1 aromatic rings. The van der Waals surface area contributed by atoms with Gasteiger partial charge in [-0.05, 0) is 43.6 Å². The van der Waals surface area contributed by atoms with Crippen LogP contribution in [0.3, 0.4) is 0 Å². The fraction of sp³-hybridized carbons (Fsp3) is 0.600. The van der Waals surface area contributed by atoms with E-state index in [-0.39, 0.29) is 0 Å².